The van der Waals surface area contributed by atoms with Gasteiger partial charge in [0.1, 0.15) is 11.4 Å². The van der Waals surface area contributed by atoms with Crippen LogP contribution in [-0.4, -0.2) is 44.1 Å². The topological polar surface area (TPSA) is 84.0 Å². The van der Waals surface area contributed by atoms with Crippen LogP contribution in [0.4, 0.5) is 0 Å². The van der Waals surface area contributed by atoms with Gasteiger partial charge in [-0.2, -0.15) is 5.10 Å². The second kappa shape index (κ2) is 8.43. The second-order valence-corrected chi connectivity index (χ2v) is 7.43. The van der Waals surface area contributed by atoms with Crippen molar-refractivity contribution in [1.29, 1.82) is 0 Å². The second-order valence-electron chi connectivity index (χ2n) is 7.43. The zero-order valence-electron chi connectivity index (χ0n) is 16.8. The Kier molecular flexibility index (Phi) is 5.55. The molecule has 7 nitrogen and oxygen atoms in total. The quantitative estimate of drug-likeness (QED) is 0.719. The van der Waals surface area contributed by atoms with E-state index in [-0.39, 0.29) is 11.8 Å². The minimum atomic E-state index is 0.103. The Balaban J connectivity index is 1.49. The van der Waals surface area contributed by atoms with E-state index in [1.807, 2.05) is 49.1 Å². The maximum Gasteiger partial charge on any atom is 0.241 e. The molecule has 1 fully saturated rings. The normalized spacial score (nSPS) is 16.6. The summed E-state index contributed by atoms with van der Waals surface area (Å²) < 4.78 is 5.99. The van der Waals surface area contributed by atoms with Gasteiger partial charge < -0.3 is 9.64 Å². The number of carbonyl (C=O) groups is 1. The molecule has 1 aliphatic heterocycles. The molecule has 1 aliphatic rings. The summed E-state index contributed by atoms with van der Waals surface area (Å²) >= 11 is 0. The fourth-order valence-electron chi connectivity index (χ4n) is 3.82. The molecule has 3 aromatic rings. The molecular weight excluding hydrogens is 366 g/mol. The Morgan fingerprint density at radius 3 is 2.76 bits per heavy atom. The number of ether oxygens (including phenoxy) is 1. The van der Waals surface area contributed by atoms with Crippen LogP contribution in [0.1, 0.15) is 41.4 Å². The van der Waals surface area contributed by atoms with Gasteiger partial charge in [-0.3, -0.25) is 14.9 Å². The summed E-state index contributed by atoms with van der Waals surface area (Å²) in [6, 6.07) is 9.58. The third-order valence-corrected chi connectivity index (χ3v) is 5.42. The number of hydrogen-bond acceptors (Lipinski definition) is 5. The first kappa shape index (κ1) is 19.1. The van der Waals surface area contributed by atoms with E-state index in [9.17, 15) is 4.79 Å². The fraction of sp³-hybridized carbons (Fsp3) is 0.364. The molecule has 1 aromatic carbocycles. The lowest BCUT2D eigenvalue weighted by molar-refractivity contribution is -0.131. The van der Waals surface area contributed by atoms with E-state index >= 15 is 0 Å². The first-order valence-electron chi connectivity index (χ1n) is 9.94. The Morgan fingerprint density at radius 1 is 1.21 bits per heavy atom. The molecule has 1 unspecified atom stereocenters. The molecular formula is C22H25N5O2. The molecule has 1 atom stereocenters. The van der Waals surface area contributed by atoms with Crippen molar-refractivity contribution in [3.8, 4) is 11.6 Å². The number of aromatic nitrogens is 4. The van der Waals surface area contributed by atoms with Gasteiger partial charge in [-0.1, -0.05) is 18.2 Å². The summed E-state index contributed by atoms with van der Waals surface area (Å²) in [5.74, 6) is 1.46. The Hall–Kier alpha value is -3.22. The summed E-state index contributed by atoms with van der Waals surface area (Å²) in [6.07, 6.45) is 5.58. The fourth-order valence-corrected chi connectivity index (χ4v) is 3.82. The number of piperidine rings is 1. The van der Waals surface area contributed by atoms with Crippen LogP contribution >= 0.6 is 0 Å². The van der Waals surface area contributed by atoms with Gasteiger partial charge in [0.2, 0.25) is 11.8 Å². The minimum Gasteiger partial charge on any atom is -0.437 e. The summed E-state index contributed by atoms with van der Waals surface area (Å²) in [5, 5.41) is 7.15. The number of hydrogen-bond donors (Lipinski definition) is 1. The lowest BCUT2D eigenvalue weighted by Gasteiger charge is -2.33. The molecule has 0 radical (unpaired) electrons. The Bertz CT molecular complexity index is 966. The van der Waals surface area contributed by atoms with Crippen molar-refractivity contribution in [2.75, 3.05) is 13.1 Å². The van der Waals surface area contributed by atoms with E-state index < -0.39 is 0 Å². The number of nitrogens with one attached hydrogen (secondary N) is 1. The van der Waals surface area contributed by atoms with Gasteiger partial charge in [0.05, 0.1) is 12.1 Å². The highest BCUT2D eigenvalue weighted by molar-refractivity contribution is 5.79. The van der Waals surface area contributed by atoms with E-state index in [0.29, 0.717) is 18.8 Å². The maximum absolute atomic E-state index is 12.9. The van der Waals surface area contributed by atoms with Crippen molar-refractivity contribution in [3.63, 3.8) is 0 Å². The number of para-hydroxylation sites is 1. The van der Waals surface area contributed by atoms with Crippen LogP contribution in [0, 0.1) is 13.8 Å². The van der Waals surface area contributed by atoms with Crippen LogP contribution in [0.15, 0.2) is 42.7 Å². The van der Waals surface area contributed by atoms with Crippen LogP contribution in [0.5, 0.6) is 11.6 Å². The number of amides is 1. The van der Waals surface area contributed by atoms with E-state index in [0.717, 1.165) is 47.8 Å². The first-order chi connectivity index (χ1) is 14.1. The van der Waals surface area contributed by atoms with Crippen LogP contribution in [-0.2, 0) is 11.2 Å². The van der Waals surface area contributed by atoms with E-state index in [4.69, 9.17) is 4.74 Å². The monoisotopic (exact) mass is 391 g/mol. The number of aromatic amines is 1. The maximum atomic E-state index is 12.9. The molecule has 0 bridgehead atoms. The summed E-state index contributed by atoms with van der Waals surface area (Å²) in [4.78, 5) is 23.8. The highest BCUT2D eigenvalue weighted by Gasteiger charge is 2.29. The third kappa shape index (κ3) is 4.29. The lowest BCUT2D eigenvalue weighted by Crippen LogP contribution is -2.40. The van der Waals surface area contributed by atoms with Crippen LogP contribution in [0.2, 0.25) is 0 Å². The standard InChI is InChI=1S/C22H25N5O2/c1-15-19(16(2)26-25-15)13-20(28)27-12-6-7-17(14-27)21-22(24-11-10-23-21)29-18-8-4-3-5-9-18/h3-5,8-11,17H,6-7,12-14H2,1-2H3,(H,25,26). The molecule has 0 saturated carbocycles. The van der Waals surface area contributed by atoms with Crippen molar-refractivity contribution in [2.24, 2.45) is 0 Å². The van der Waals surface area contributed by atoms with E-state index in [1.165, 1.54) is 0 Å². The highest BCUT2D eigenvalue weighted by Crippen LogP contribution is 2.32. The largest absolute Gasteiger partial charge is 0.437 e. The van der Waals surface area contributed by atoms with Crippen LogP contribution in [0.25, 0.3) is 0 Å². The van der Waals surface area contributed by atoms with Gasteiger partial charge in [-0.15, -0.1) is 0 Å². The molecule has 150 valence electrons. The molecule has 1 amide bonds. The number of H-pyrrole nitrogens is 1. The lowest BCUT2D eigenvalue weighted by atomic mass is 9.94. The summed E-state index contributed by atoms with van der Waals surface area (Å²) in [7, 11) is 0. The van der Waals surface area contributed by atoms with Crippen molar-refractivity contribution >= 4 is 5.91 Å². The molecule has 3 heterocycles. The molecule has 7 heteroatoms. The van der Waals surface area contributed by atoms with Gasteiger partial charge in [-0.05, 0) is 38.8 Å². The smallest absolute Gasteiger partial charge is 0.241 e. The Morgan fingerprint density at radius 2 is 2.00 bits per heavy atom. The first-order valence-corrected chi connectivity index (χ1v) is 9.94. The molecule has 1 saturated heterocycles. The average Bonchev–Trinajstić information content (AvgIpc) is 3.07. The number of rotatable bonds is 5. The van der Waals surface area contributed by atoms with Crippen LogP contribution in [0.3, 0.4) is 0 Å². The van der Waals surface area contributed by atoms with Crippen molar-refractivity contribution in [2.45, 2.75) is 39.0 Å². The summed E-state index contributed by atoms with van der Waals surface area (Å²) in [6.45, 7) is 5.27. The van der Waals surface area contributed by atoms with Crippen molar-refractivity contribution < 1.29 is 9.53 Å². The SMILES string of the molecule is Cc1n[nH]c(C)c1CC(=O)N1CCCC(c2nccnc2Oc2ccccc2)C1. The molecule has 4 rings (SSSR count). The highest BCUT2D eigenvalue weighted by atomic mass is 16.5. The molecule has 29 heavy (non-hydrogen) atoms. The zero-order valence-corrected chi connectivity index (χ0v) is 16.8. The molecule has 1 N–H and O–H groups in total. The van der Waals surface area contributed by atoms with E-state index in [1.54, 1.807) is 12.4 Å². The van der Waals surface area contributed by atoms with Crippen molar-refractivity contribution in [1.82, 2.24) is 25.1 Å². The number of aryl methyl sites for hydroxylation is 2. The van der Waals surface area contributed by atoms with Gasteiger partial charge in [-0.25, -0.2) is 4.98 Å². The van der Waals surface area contributed by atoms with Crippen molar-refractivity contribution in [3.05, 3.63) is 65.4 Å². The predicted octanol–water partition coefficient (Wildman–Crippen LogP) is 3.56. The van der Waals surface area contributed by atoms with Gasteiger partial charge in [0, 0.05) is 42.7 Å². The molecule has 0 aliphatic carbocycles. The number of carbonyl (C=O) groups excluding carboxylic acids is 1. The van der Waals surface area contributed by atoms with Crippen LogP contribution < -0.4 is 4.74 Å². The summed E-state index contributed by atoms with van der Waals surface area (Å²) in [5.41, 5.74) is 3.64. The van der Waals surface area contributed by atoms with Gasteiger partial charge in [0.25, 0.3) is 0 Å². The van der Waals surface area contributed by atoms with Gasteiger partial charge in [0.15, 0.2) is 0 Å². The predicted molar refractivity (Wildman–Crippen MR) is 109 cm³/mol. The average molecular weight is 391 g/mol. The molecule has 2 aromatic heterocycles. The number of benzene rings is 1. The minimum absolute atomic E-state index is 0.103. The number of likely N-dealkylation sites (tertiary alicyclic amines) is 1. The zero-order chi connectivity index (χ0) is 20.2. The molecule has 0 spiro atoms. The number of nitrogens with zero attached hydrogens (tertiary/aromatic N) is 4. The Labute approximate surface area is 170 Å². The third-order valence-electron chi connectivity index (χ3n) is 5.42. The van der Waals surface area contributed by atoms with E-state index in [2.05, 4.69) is 20.2 Å². The van der Waals surface area contributed by atoms with Gasteiger partial charge >= 0.3 is 0 Å².